The van der Waals surface area contributed by atoms with Gasteiger partial charge in [0.25, 0.3) is 0 Å². The maximum atomic E-state index is 11.9. The first-order valence-electron chi connectivity index (χ1n) is 6.37. The molecular weight excluding hydrogens is 236 g/mol. The van der Waals surface area contributed by atoms with Gasteiger partial charge in [0.2, 0.25) is 0 Å². The van der Waals surface area contributed by atoms with Gasteiger partial charge in [-0.05, 0) is 18.3 Å². The standard InChI is InChI=1S/C12H20N2O4/c1-12(3-2-4-12)7-13-11(18)14-6-8(15)5-9(14)10(16)17/h8-9,15H,2-7H2,1H3,(H,13,18)(H,16,17)/t8-,9-/m0/s1. The largest absolute Gasteiger partial charge is 0.480 e. The Bertz CT molecular complexity index is 354. The van der Waals surface area contributed by atoms with Gasteiger partial charge in [-0.15, -0.1) is 0 Å². The van der Waals surface area contributed by atoms with E-state index in [-0.39, 0.29) is 24.4 Å². The van der Waals surface area contributed by atoms with Crippen LogP contribution < -0.4 is 5.32 Å². The lowest BCUT2D eigenvalue weighted by molar-refractivity contribution is -0.141. The number of carbonyl (C=O) groups is 2. The van der Waals surface area contributed by atoms with E-state index in [0.29, 0.717) is 6.54 Å². The van der Waals surface area contributed by atoms with Crippen LogP contribution in [0.1, 0.15) is 32.6 Å². The first-order chi connectivity index (χ1) is 8.41. The van der Waals surface area contributed by atoms with E-state index in [1.807, 2.05) is 0 Å². The minimum atomic E-state index is -1.06. The lowest BCUT2D eigenvalue weighted by Gasteiger charge is -2.38. The van der Waals surface area contributed by atoms with Crippen LogP contribution >= 0.6 is 0 Å². The van der Waals surface area contributed by atoms with Gasteiger partial charge in [-0.2, -0.15) is 0 Å². The molecule has 0 bridgehead atoms. The number of β-amino-alcohol motifs (C(OH)–C–C–N with tert-alkyl or cyclic N) is 1. The average molecular weight is 256 g/mol. The number of aliphatic hydroxyl groups is 1. The van der Waals surface area contributed by atoms with Gasteiger partial charge in [-0.1, -0.05) is 13.3 Å². The van der Waals surface area contributed by atoms with Crippen LogP contribution in [-0.4, -0.2) is 52.3 Å². The van der Waals surface area contributed by atoms with Crippen molar-refractivity contribution in [1.29, 1.82) is 0 Å². The maximum absolute atomic E-state index is 11.9. The lowest BCUT2D eigenvalue weighted by atomic mass is 9.70. The number of aliphatic carboxylic acids is 1. The van der Waals surface area contributed by atoms with Crippen LogP contribution in [0.4, 0.5) is 4.79 Å². The van der Waals surface area contributed by atoms with Crippen molar-refractivity contribution in [2.75, 3.05) is 13.1 Å². The fraction of sp³-hybridized carbons (Fsp3) is 0.833. The molecule has 0 radical (unpaired) electrons. The van der Waals surface area contributed by atoms with Crippen molar-refractivity contribution in [3.8, 4) is 0 Å². The van der Waals surface area contributed by atoms with Gasteiger partial charge < -0.3 is 20.4 Å². The molecular formula is C12H20N2O4. The summed E-state index contributed by atoms with van der Waals surface area (Å²) in [6.07, 6.45) is 2.75. The molecule has 0 aromatic heterocycles. The van der Waals surface area contributed by atoms with Crippen molar-refractivity contribution >= 4 is 12.0 Å². The predicted molar refractivity (Wildman–Crippen MR) is 64.1 cm³/mol. The molecule has 2 rings (SSSR count). The number of likely N-dealkylation sites (tertiary alicyclic amines) is 1. The second-order valence-corrected chi connectivity index (χ2v) is 5.72. The van der Waals surface area contributed by atoms with E-state index in [2.05, 4.69) is 12.2 Å². The third-order valence-corrected chi connectivity index (χ3v) is 4.05. The number of carbonyl (C=O) groups excluding carboxylic acids is 1. The number of carboxylic acids is 1. The molecule has 2 fully saturated rings. The molecule has 1 aliphatic carbocycles. The van der Waals surface area contributed by atoms with E-state index >= 15 is 0 Å². The van der Waals surface area contributed by atoms with Gasteiger partial charge in [0.05, 0.1) is 6.10 Å². The molecule has 1 heterocycles. The summed E-state index contributed by atoms with van der Waals surface area (Å²) in [6.45, 7) is 2.79. The normalized spacial score (nSPS) is 29.8. The number of nitrogens with zero attached hydrogens (tertiary/aromatic N) is 1. The minimum absolute atomic E-state index is 0.0967. The van der Waals surface area contributed by atoms with E-state index in [1.54, 1.807) is 0 Å². The first kappa shape index (κ1) is 13.1. The van der Waals surface area contributed by atoms with E-state index in [0.717, 1.165) is 12.8 Å². The van der Waals surface area contributed by atoms with Gasteiger partial charge in [0.15, 0.2) is 0 Å². The lowest BCUT2D eigenvalue weighted by Crippen LogP contribution is -2.49. The third kappa shape index (κ3) is 2.58. The van der Waals surface area contributed by atoms with E-state index in [4.69, 9.17) is 5.11 Å². The molecule has 2 aliphatic rings. The van der Waals surface area contributed by atoms with Crippen LogP contribution in [-0.2, 0) is 4.79 Å². The Morgan fingerprint density at radius 1 is 1.44 bits per heavy atom. The Hall–Kier alpha value is -1.30. The predicted octanol–water partition coefficient (Wildman–Crippen LogP) is 0.406. The molecule has 0 aromatic rings. The van der Waals surface area contributed by atoms with Crippen LogP contribution in [0.2, 0.25) is 0 Å². The zero-order chi connectivity index (χ0) is 13.3. The highest BCUT2D eigenvalue weighted by Crippen LogP contribution is 2.39. The highest BCUT2D eigenvalue weighted by Gasteiger charge is 2.40. The molecule has 0 aromatic carbocycles. The molecule has 0 unspecified atom stereocenters. The maximum Gasteiger partial charge on any atom is 0.326 e. The Balaban J connectivity index is 1.89. The summed E-state index contributed by atoms with van der Waals surface area (Å²) in [6, 6.07) is -1.29. The van der Waals surface area contributed by atoms with Crippen LogP contribution in [0.3, 0.4) is 0 Å². The summed E-state index contributed by atoms with van der Waals surface area (Å²) in [5.41, 5.74) is 0.159. The summed E-state index contributed by atoms with van der Waals surface area (Å²) in [5, 5.41) is 21.3. The average Bonchev–Trinajstić information content (AvgIpc) is 2.66. The molecule has 1 aliphatic heterocycles. The van der Waals surface area contributed by atoms with Crippen LogP contribution in [0.15, 0.2) is 0 Å². The molecule has 6 heteroatoms. The van der Waals surface area contributed by atoms with Crippen molar-refractivity contribution in [2.45, 2.75) is 44.8 Å². The summed E-state index contributed by atoms with van der Waals surface area (Å²) >= 11 is 0. The van der Waals surface area contributed by atoms with Gasteiger partial charge in [-0.25, -0.2) is 9.59 Å². The molecule has 6 nitrogen and oxygen atoms in total. The van der Waals surface area contributed by atoms with Crippen molar-refractivity contribution in [3.05, 3.63) is 0 Å². The van der Waals surface area contributed by atoms with Crippen LogP contribution in [0, 0.1) is 5.41 Å². The number of aliphatic hydroxyl groups excluding tert-OH is 1. The Labute approximate surface area is 106 Å². The molecule has 102 valence electrons. The number of nitrogens with one attached hydrogen (secondary N) is 1. The number of amides is 2. The Morgan fingerprint density at radius 2 is 2.11 bits per heavy atom. The molecule has 2 amide bonds. The number of rotatable bonds is 3. The van der Waals surface area contributed by atoms with Crippen molar-refractivity contribution < 1.29 is 19.8 Å². The molecule has 18 heavy (non-hydrogen) atoms. The highest BCUT2D eigenvalue weighted by atomic mass is 16.4. The fourth-order valence-corrected chi connectivity index (χ4v) is 2.62. The highest BCUT2D eigenvalue weighted by molar-refractivity contribution is 5.83. The van der Waals surface area contributed by atoms with E-state index in [9.17, 15) is 14.7 Å². The molecule has 2 atom stereocenters. The second kappa shape index (κ2) is 4.76. The molecule has 1 saturated carbocycles. The van der Waals surface area contributed by atoms with Gasteiger partial charge in [0.1, 0.15) is 6.04 Å². The SMILES string of the molecule is CC1(CNC(=O)N2C[C@@H](O)C[C@H]2C(=O)O)CCC1. The van der Waals surface area contributed by atoms with Crippen molar-refractivity contribution in [2.24, 2.45) is 5.41 Å². The van der Waals surface area contributed by atoms with Crippen molar-refractivity contribution in [3.63, 3.8) is 0 Å². The number of hydrogen-bond donors (Lipinski definition) is 3. The first-order valence-corrected chi connectivity index (χ1v) is 6.37. The van der Waals surface area contributed by atoms with E-state index < -0.39 is 18.1 Å². The molecule has 1 saturated heterocycles. The number of carboxylic acid groups (broad SMARTS) is 1. The number of hydrogen-bond acceptors (Lipinski definition) is 3. The van der Waals surface area contributed by atoms with Gasteiger partial charge in [-0.3, -0.25) is 0 Å². The minimum Gasteiger partial charge on any atom is -0.480 e. The molecule has 3 N–H and O–H groups in total. The second-order valence-electron chi connectivity index (χ2n) is 5.72. The Kier molecular flexibility index (Phi) is 3.47. The number of urea groups is 1. The van der Waals surface area contributed by atoms with Gasteiger partial charge in [0, 0.05) is 19.5 Å². The summed E-state index contributed by atoms with van der Waals surface area (Å²) < 4.78 is 0. The van der Waals surface area contributed by atoms with Crippen LogP contribution in [0.5, 0.6) is 0 Å². The summed E-state index contributed by atoms with van der Waals surface area (Å²) in [4.78, 5) is 24.1. The molecule has 0 spiro atoms. The monoisotopic (exact) mass is 256 g/mol. The summed E-state index contributed by atoms with van der Waals surface area (Å²) in [7, 11) is 0. The third-order valence-electron chi connectivity index (χ3n) is 4.05. The Morgan fingerprint density at radius 3 is 2.61 bits per heavy atom. The van der Waals surface area contributed by atoms with E-state index in [1.165, 1.54) is 11.3 Å². The zero-order valence-corrected chi connectivity index (χ0v) is 10.6. The smallest absolute Gasteiger partial charge is 0.326 e. The fourth-order valence-electron chi connectivity index (χ4n) is 2.62. The van der Waals surface area contributed by atoms with Gasteiger partial charge >= 0.3 is 12.0 Å². The van der Waals surface area contributed by atoms with Crippen LogP contribution in [0.25, 0.3) is 0 Å². The topological polar surface area (TPSA) is 89.9 Å². The quantitative estimate of drug-likeness (QED) is 0.682. The van der Waals surface area contributed by atoms with Crippen molar-refractivity contribution in [1.82, 2.24) is 10.2 Å². The summed E-state index contributed by atoms with van der Waals surface area (Å²) in [5.74, 6) is -1.06. The zero-order valence-electron chi connectivity index (χ0n) is 10.6.